The fourth-order valence-corrected chi connectivity index (χ4v) is 3.09. The van der Waals surface area contributed by atoms with Crippen LogP contribution in [0.5, 0.6) is 0 Å². The molecule has 184 valence electrons. The van der Waals surface area contributed by atoms with Gasteiger partial charge in [-0.05, 0) is 48.6 Å². The summed E-state index contributed by atoms with van der Waals surface area (Å²) in [7, 11) is 1.79. The van der Waals surface area contributed by atoms with E-state index in [2.05, 4.69) is 54.8 Å². The Balaban J connectivity index is 0.000000770. The highest BCUT2D eigenvalue weighted by atomic mass is 16.5. The van der Waals surface area contributed by atoms with Crippen molar-refractivity contribution in [1.29, 1.82) is 0 Å². The first-order chi connectivity index (χ1) is 16.1. The lowest BCUT2D eigenvalue weighted by Crippen LogP contribution is -2.33. The van der Waals surface area contributed by atoms with Crippen LogP contribution in [0.25, 0.3) is 0 Å². The van der Waals surface area contributed by atoms with Gasteiger partial charge in [-0.25, -0.2) is 0 Å². The van der Waals surface area contributed by atoms with E-state index in [-0.39, 0.29) is 18.4 Å². The molecule has 0 saturated heterocycles. The van der Waals surface area contributed by atoms with E-state index >= 15 is 0 Å². The number of benzene rings is 2. The molecule has 1 atom stereocenters. The van der Waals surface area contributed by atoms with Crippen molar-refractivity contribution >= 4 is 17.9 Å². The molecular weight excluding hydrogens is 412 g/mol. The van der Waals surface area contributed by atoms with Gasteiger partial charge in [0.2, 0.25) is 0 Å². The van der Waals surface area contributed by atoms with E-state index in [0.717, 1.165) is 30.4 Å². The topological polar surface area (TPSA) is 67.4 Å². The predicted octanol–water partition coefficient (Wildman–Crippen LogP) is 6.07. The summed E-state index contributed by atoms with van der Waals surface area (Å²) >= 11 is 0. The van der Waals surface area contributed by atoms with Crippen molar-refractivity contribution in [3.63, 3.8) is 0 Å². The molecule has 0 aliphatic heterocycles. The van der Waals surface area contributed by atoms with Crippen LogP contribution in [0.1, 0.15) is 75.4 Å². The number of aldehydes is 1. The van der Waals surface area contributed by atoms with Crippen molar-refractivity contribution in [3.05, 3.63) is 65.2 Å². The Kier molecular flexibility index (Phi) is 18.4. The number of rotatable bonds is 12. The minimum absolute atomic E-state index is 0.0370. The summed E-state index contributed by atoms with van der Waals surface area (Å²) in [4.78, 5) is 23.0. The summed E-state index contributed by atoms with van der Waals surface area (Å²) in [6.07, 6.45) is 5.43. The molecule has 0 aliphatic carbocycles. The van der Waals surface area contributed by atoms with Gasteiger partial charge in [-0.2, -0.15) is 0 Å². The number of carbonyl (C=O) groups excluding carboxylic acids is 2. The Morgan fingerprint density at radius 1 is 1.03 bits per heavy atom. The molecule has 0 aromatic heterocycles. The zero-order valence-corrected chi connectivity index (χ0v) is 21.4. The largest absolute Gasteiger partial charge is 0.388 e. The molecule has 2 aromatic carbocycles. The second-order valence-electron chi connectivity index (χ2n) is 7.34. The average molecular weight is 457 g/mol. The van der Waals surface area contributed by atoms with Gasteiger partial charge in [-0.15, -0.1) is 0 Å². The van der Waals surface area contributed by atoms with E-state index < -0.39 is 0 Å². The SMILES string of the molecule is CC.CCCOC(CC)CNC(=O)c1ccc(NC)c(CC=O)c1.CCCc1ccccc1. The van der Waals surface area contributed by atoms with E-state index in [0.29, 0.717) is 18.7 Å². The fraction of sp³-hybridized carbons (Fsp3) is 0.500. The van der Waals surface area contributed by atoms with Crippen LogP contribution in [-0.2, 0) is 22.4 Å². The van der Waals surface area contributed by atoms with Gasteiger partial charge in [0.05, 0.1) is 6.10 Å². The minimum Gasteiger partial charge on any atom is -0.388 e. The van der Waals surface area contributed by atoms with Crippen LogP contribution in [0.3, 0.4) is 0 Å². The van der Waals surface area contributed by atoms with Crippen LogP contribution in [0, 0.1) is 0 Å². The van der Waals surface area contributed by atoms with Gasteiger partial charge in [0.1, 0.15) is 6.29 Å². The van der Waals surface area contributed by atoms with Crippen molar-refractivity contribution < 1.29 is 14.3 Å². The van der Waals surface area contributed by atoms with Crippen LogP contribution in [0.15, 0.2) is 48.5 Å². The van der Waals surface area contributed by atoms with Crippen LogP contribution in [0.4, 0.5) is 5.69 Å². The predicted molar refractivity (Wildman–Crippen MR) is 140 cm³/mol. The number of nitrogens with one attached hydrogen (secondary N) is 2. The van der Waals surface area contributed by atoms with Crippen molar-refractivity contribution in [3.8, 4) is 0 Å². The first-order valence-electron chi connectivity index (χ1n) is 12.3. The van der Waals surface area contributed by atoms with Gasteiger partial charge < -0.3 is 20.2 Å². The summed E-state index contributed by atoms with van der Waals surface area (Å²) < 4.78 is 5.65. The molecule has 0 aliphatic rings. The molecular formula is C28H44N2O3. The van der Waals surface area contributed by atoms with Gasteiger partial charge in [-0.3, -0.25) is 4.79 Å². The molecule has 1 unspecified atom stereocenters. The summed E-state index contributed by atoms with van der Waals surface area (Å²) in [5.74, 6) is -0.145. The lowest BCUT2D eigenvalue weighted by atomic mass is 10.1. The molecule has 0 radical (unpaired) electrons. The van der Waals surface area contributed by atoms with Gasteiger partial charge in [0.15, 0.2) is 0 Å². The standard InChI is InChI=1S/C17H26N2O3.C9H12.C2H6/c1-4-10-22-15(5-2)12-19-17(21)14-6-7-16(18-3)13(11-14)8-9-20;1-2-6-9-7-4-3-5-8-9;1-2/h6-7,9,11,15,18H,4-5,8,10,12H2,1-3H3,(H,19,21);3-5,7-8H,2,6H2,1H3;1-2H3. The number of hydrogen-bond acceptors (Lipinski definition) is 4. The van der Waals surface area contributed by atoms with E-state index in [4.69, 9.17) is 4.74 Å². The Morgan fingerprint density at radius 2 is 1.73 bits per heavy atom. The van der Waals surface area contributed by atoms with Crippen LogP contribution >= 0.6 is 0 Å². The third-order valence-corrected chi connectivity index (χ3v) is 4.82. The summed E-state index contributed by atoms with van der Waals surface area (Å²) in [5.41, 5.74) is 3.68. The summed E-state index contributed by atoms with van der Waals surface area (Å²) in [6.45, 7) is 11.5. The van der Waals surface area contributed by atoms with Crippen LogP contribution in [0.2, 0.25) is 0 Å². The van der Waals surface area contributed by atoms with Crippen molar-refractivity contribution in [2.24, 2.45) is 0 Å². The van der Waals surface area contributed by atoms with E-state index in [9.17, 15) is 9.59 Å². The van der Waals surface area contributed by atoms with Gasteiger partial charge in [0.25, 0.3) is 5.91 Å². The van der Waals surface area contributed by atoms with E-state index in [1.54, 1.807) is 19.2 Å². The number of anilines is 1. The second-order valence-corrected chi connectivity index (χ2v) is 7.34. The maximum absolute atomic E-state index is 12.2. The molecule has 0 fully saturated rings. The fourth-order valence-electron chi connectivity index (χ4n) is 3.09. The first-order valence-corrected chi connectivity index (χ1v) is 12.3. The Labute approximate surface area is 201 Å². The summed E-state index contributed by atoms with van der Waals surface area (Å²) in [5, 5.41) is 5.91. The number of amides is 1. The minimum atomic E-state index is -0.145. The lowest BCUT2D eigenvalue weighted by molar-refractivity contribution is -0.107. The molecule has 0 heterocycles. The molecule has 2 N–H and O–H groups in total. The molecule has 2 aromatic rings. The molecule has 0 bridgehead atoms. The van der Waals surface area contributed by atoms with Crippen molar-refractivity contribution in [2.45, 2.75) is 72.8 Å². The van der Waals surface area contributed by atoms with Gasteiger partial charge in [-0.1, -0.05) is 71.4 Å². The maximum atomic E-state index is 12.2. The van der Waals surface area contributed by atoms with Crippen molar-refractivity contribution in [2.75, 3.05) is 25.5 Å². The number of aryl methyl sites for hydroxylation is 1. The lowest BCUT2D eigenvalue weighted by Gasteiger charge is -2.17. The molecule has 1 amide bonds. The number of carbonyl (C=O) groups is 2. The molecule has 5 heteroatoms. The summed E-state index contributed by atoms with van der Waals surface area (Å²) in [6, 6.07) is 15.9. The average Bonchev–Trinajstić information content (AvgIpc) is 2.86. The zero-order valence-electron chi connectivity index (χ0n) is 21.4. The third kappa shape index (κ3) is 12.8. The Bertz CT molecular complexity index is 763. The Morgan fingerprint density at radius 3 is 2.27 bits per heavy atom. The Hall–Kier alpha value is -2.66. The van der Waals surface area contributed by atoms with Gasteiger partial charge >= 0.3 is 0 Å². The van der Waals surface area contributed by atoms with E-state index in [1.807, 2.05) is 26.8 Å². The molecule has 2 rings (SSSR count). The van der Waals surface area contributed by atoms with Crippen molar-refractivity contribution in [1.82, 2.24) is 5.32 Å². The normalized spacial score (nSPS) is 10.6. The van der Waals surface area contributed by atoms with Crippen LogP contribution < -0.4 is 10.6 Å². The van der Waals surface area contributed by atoms with E-state index in [1.165, 1.54) is 18.4 Å². The highest BCUT2D eigenvalue weighted by molar-refractivity contribution is 5.95. The maximum Gasteiger partial charge on any atom is 0.251 e. The first kappa shape index (κ1) is 30.3. The number of ether oxygens (including phenoxy) is 1. The van der Waals surface area contributed by atoms with Gasteiger partial charge in [0, 0.05) is 37.9 Å². The second kappa shape index (κ2) is 20.0. The highest BCUT2D eigenvalue weighted by Gasteiger charge is 2.12. The monoisotopic (exact) mass is 456 g/mol. The zero-order chi connectivity index (χ0) is 24.9. The molecule has 33 heavy (non-hydrogen) atoms. The molecule has 0 spiro atoms. The molecule has 5 nitrogen and oxygen atoms in total. The smallest absolute Gasteiger partial charge is 0.251 e. The van der Waals surface area contributed by atoms with Crippen LogP contribution in [-0.4, -0.2) is 38.5 Å². The number of hydrogen-bond donors (Lipinski definition) is 2. The highest BCUT2D eigenvalue weighted by Crippen LogP contribution is 2.17. The molecule has 0 saturated carbocycles. The quantitative estimate of drug-likeness (QED) is 0.380. The third-order valence-electron chi connectivity index (χ3n) is 4.82.